The number of thiazole rings is 1. The van der Waals surface area contributed by atoms with E-state index >= 15 is 0 Å². The summed E-state index contributed by atoms with van der Waals surface area (Å²) in [6.07, 6.45) is 0.799. The van der Waals surface area contributed by atoms with Crippen LogP contribution in [0.2, 0.25) is 0 Å². The zero-order valence-corrected chi connectivity index (χ0v) is 15.0. The van der Waals surface area contributed by atoms with Crippen molar-refractivity contribution in [1.29, 1.82) is 0 Å². The first-order valence-corrected chi connectivity index (χ1v) is 9.46. The standard InChI is InChI=1S/C16H14N6OS2/c1-2-14-20-21-16(25-14)19-13(23)7-22-12-6-4-3-5-10(12)18-15(22)11-8-24-9-17-11/h3-6,8-9H,2,7H2,1H3,(H,19,21,23). The quantitative estimate of drug-likeness (QED) is 0.583. The van der Waals surface area contributed by atoms with E-state index in [-0.39, 0.29) is 12.5 Å². The number of hydrogen-bond acceptors (Lipinski definition) is 7. The molecule has 4 aromatic rings. The first-order valence-electron chi connectivity index (χ1n) is 7.70. The van der Waals surface area contributed by atoms with E-state index in [1.54, 1.807) is 5.51 Å². The van der Waals surface area contributed by atoms with Crippen LogP contribution in [0.1, 0.15) is 11.9 Å². The van der Waals surface area contributed by atoms with Gasteiger partial charge in [0.15, 0.2) is 5.82 Å². The summed E-state index contributed by atoms with van der Waals surface area (Å²) < 4.78 is 1.88. The number of benzene rings is 1. The summed E-state index contributed by atoms with van der Waals surface area (Å²) in [6, 6.07) is 7.74. The van der Waals surface area contributed by atoms with E-state index in [9.17, 15) is 4.79 Å². The van der Waals surface area contributed by atoms with Crippen molar-refractivity contribution in [1.82, 2.24) is 24.7 Å². The van der Waals surface area contributed by atoms with E-state index in [0.717, 1.165) is 28.2 Å². The van der Waals surface area contributed by atoms with Gasteiger partial charge in [0.05, 0.1) is 16.5 Å². The fraction of sp³-hybridized carbons (Fsp3) is 0.188. The molecule has 3 heterocycles. The molecule has 0 spiro atoms. The van der Waals surface area contributed by atoms with Gasteiger partial charge >= 0.3 is 0 Å². The van der Waals surface area contributed by atoms with Gasteiger partial charge in [-0.3, -0.25) is 10.1 Å². The van der Waals surface area contributed by atoms with Gasteiger partial charge in [-0.25, -0.2) is 9.97 Å². The third-order valence-electron chi connectivity index (χ3n) is 3.63. The van der Waals surface area contributed by atoms with Gasteiger partial charge in [-0.1, -0.05) is 30.4 Å². The Morgan fingerprint density at radius 3 is 2.92 bits per heavy atom. The number of amides is 1. The highest BCUT2D eigenvalue weighted by molar-refractivity contribution is 7.15. The Labute approximate surface area is 151 Å². The lowest BCUT2D eigenvalue weighted by atomic mass is 10.3. The van der Waals surface area contributed by atoms with Crippen LogP contribution < -0.4 is 5.32 Å². The highest BCUT2D eigenvalue weighted by atomic mass is 32.1. The first-order chi connectivity index (χ1) is 12.2. The van der Waals surface area contributed by atoms with E-state index in [4.69, 9.17) is 0 Å². The normalized spacial score (nSPS) is 11.1. The lowest BCUT2D eigenvalue weighted by molar-refractivity contribution is -0.116. The zero-order valence-electron chi connectivity index (χ0n) is 13.3. The monoisotopic (exact) mass is 370 g/mol. The Morgan fingerprint density at radius 1 is 1.28 bits per heavy atom. The van der Waals surface area contributed by atoms with Crippen LogP contribution in [-0.2, 0) is 17.8 Å². The molecule has 0 saturated heterocycles. The number of aromatic nitrogens is 5. The molecule has 0 unspecified atom stereocenters. The topological polar surface area (TPSA) is 85.6 Å². The molecule has 4 rings (SSSR count). The maximum Gasteiger partial charge on any atom is 0.246 e. The summed E-state index contributed by atoms with van der Waals surface area (Å²) in [5.74, 6) is 0.516. The first kappa shape index (κ1) is 15.9. The molecule has 7 nitrogen and oxygen atoms in total. The van der Waals surface area contributed by atoms with Crippen molar-refractivity contribution in [2.45, 2.75) is 19.9 Å². The minimum absolute atomic E-state index is 0.133. The number of hydrogen-bond donors (Lipinski definition) is 1. The molecule has 1 N–H and O–H groups in total. The number of aryl methyl sites for hydroxylation is 1. The number of para-hydroxylation sites is 2. The van der Waals surface area contributed by atoms with Crippen molar-refractivity contribution in [3.05, 3.63) is 40.2 Å². The van der Waals surface area contributed by atoms with Crippen LogP contribution in [0, 0.1) is 0 Å². The maximum atomic E-state index is 12.5. The fourth-order valence-corrected chi connectivity index (χ4v) is 3.73. The molecular formula is C16H14N6OS2. The molecule has 0 bridgehead atoms. The molecule has 25 heavy (non-hydrogen) atoms. The summed E-state index contributed by atoms with van der Waals surface area (Å²) in [7, 11) is 0. The lowest BCUT2D eigenvalue weighted by Gasteiger charge is -2.07. The summed E-state index contributed by atoms with van der Waals surface area (Å²) in [5, 5.41) is 14.2. The van der Waals surface area contributed by atoms with Gasteiger partial charge in [-0.15, -0.1) is 21.5 Å². The number of nitrogens with zero attached hydrogens (tertiary/aromatic N) is 5. The zero-order chi connectivity index (χ0) is 17.2. The van der Waals surface area contributed by atoms with Crippen LogP contribution in [0.15, 0.2) is 35.2 Å². The van der Waals surface area contributed by atoms with Crippen molar-refractivity contribution < 1.29 is 4.79 Å². The summed E-state index contributed by atoms with van der Waals surface area (Å²) in [5.41, 5.74) is 4.25. The highest BCUT2D eigenvalue weighted by Gasteiger charge is 2.17. The molecule has 0 radical (unpaired) electrons. The molecule has 1 aromatic carbocycles. The van der Waals surface area contributed by atoms with E-state index in [1.165, 1.54) is 22.7 Å². The van der Waals surface area contributed by atoms with Gasteiger partial charge in [0, 0.05) is 5.38 Å². The minimum Gasteiger partial charge on any atom is -0.313 e. The van der Waals surface area contributed by atoms with Crippen LogP contribution >= 0.6 is 22.7 Å². The second-order valence-corrected chi connectivity index (χ2v) is 7.07. The Bertz CT molecular complexity index is 1020. The fourth-order valence-electron chi connectivity index (χ4n) is 2.50. The van der Waals surface area contributed by atoms with E-state index in [1.807, 2.05) is 41.1 Å². The molecule has 3 aromatic heterocycles. The SMILES string of the molecule is CCc1nnc(NC(=O)Cn2c(-c3cscn3)nc3ccccc32)s1. The molecule has 126 valence electrons. The van der Waals surface area contributed by atoms with E-state index in [2.05, 4.69) is 25.5 Å². The van der Waals surface area contributed by atoms with Crippen molar-refractivity contribution in [3.8, 4) is 11.5 Å². The smallest absolute Gasteiger partial charge is 0.246 e. The largest absolute Gasteiger partial charge is 0.313 e. The predicted molar refractivity (Wildman–Crippen MR) is 98.8 cm³/mol. The van der Waals surface area contributed by atoms with Crippen molar-refractivity contribution in [2.24, 2.45) is 0 Å². The van der Waals surface area contributed by atoms with E-state index in [0.29, 0.717) is 11.0 Å². The van der Waals surface area contributed by atoms with Crippen LogP contribution in [0.5, 0.6) is 0 Å². The molecule has 0 atom stereocenters. The van der Waals surface area contributed by atoms with Gasteiger partial charge in [0.25, 0.3) is 0 Å². The molecule has 0 aliphatic rings. The third-order valence-corrected chi connectivity index (χ3v) is 5.20. The average molecular weight is 370 g/mol. The van der Waals surface area contributed by atoms with E-state index < -0.39 is 0 Å². The second-order valence-electron chi connectivity index (χ2n) is 5.29. The Balaban J connectivity index is 1.65. The summed E-state index contributed by atoms with van der Waals surface area (Å²) in [4.78, 5) is 21.5. The van der Waals surface area contributed by atoms with Crippen molar-refractivity contribution in [3.63, 3.8) is 0 Å². The van der Waals surface area contributed by atoms with Crippen LogP contribution in [-0.4, -0.2) is 30.6 Å². The average Bonchev–Trinajstić information content (AvgIpc) is 3.34. The number of carbonyl (C=O) groups is 1. The number of imidazole rings is 1. The number of nitrogens with one attached hydrogen (secondary N) is 1. The van der Waals surface area contributed by atoms with Crippen molar-refractivity contribution >= 4 is 44.7 Å². The van der Waals surface area contributed by atoms with Crippen LogP contribution in [0.3, 0.4) is 0 Å². The molecule has 9 heteroatoms. The Morgan fingerprint density at radius 2 is 2.16 bits per heavy atom. The second kappa shape index (κ2) is 6.69. The van der Waals surface area contributed by atoms with Crippen molar-refractivity contribution in [2.75, 3.05) is 5.32 Å². The maximum absolute atomic E-state index is 12.5. The summed E-state index contributed by atoms with van der Waals surface area (Å²) >= 11 is 2.89. The van der Waals surface area contributed by atoms with Crippen LogP contribution in [0.25, 0.3) is 22.6 Å². The predicted octanol–water partition coefficient (Wildman–Crippen LogP) is 3.21. The number of anilines is 1. The molecule has 1 amide bonds. The number of rotatable bonds is 5. The van der Waals surface area contributed by atoms with Crippen LogP contribution in [0.4, 0.5) is 5.13 Å². The number of carbonyl (C=O) groups excluding carboxylic acids is 1. The van der Waals surface area contributed by atoms with Gasteiger partial charge in [-0.2, -0.15) is 0 Å². The number of fused-ring (bicyclic) bond motifs is 1. The van der Waals surface area contributed by atoms with Gasteiger partial charge in [0.1, 0.15) is 17.2 Å². The minimum atomic E-state index is -0.168. The van der Waals surface area contributed by atoms with Gasteiger partial charge in [0.2, 0.25) is 11.0 Å². The van der Waals surface area contributed by atoms with Gasteiger partial charge < -0.3 is 4.57 Å². The Hall–Kier alpha value is -2.65. The molecule has 0 aliphatic heterocycles. The molecule has 0 fully saturated rings. The molecule has 0 aliphatic carbocycles. The molecule has 0 saturated carbocycles. The highest BCUT2D eigenvalue weighted by Crippen LogP contribution is 2.25. The van der Waals surface area contributed by atoms with Gasteiger partial charge in [-0.05, 0) is 18.6 Å². The molecular weight excluding hydrogens is 356 g/mol. The summed E-state index contributed by atoms with van der Waals surface area (Å²) in [6.45, 7) is 2.14. The third kappa shape index (κ3) is 3.15. The lowest BCUT2D eigenvalue weighted by Crippen LogP contribution is -2.19. The Kier molecular flexibility index (Phi) is 4.24.